The van der Waals surface area contributed by atoms with E-state index in [0.29, 0.717) is 0 Å². The topological polar surface area (TPSA) is 132 Å². The van der Waals surface area contributed by atoms with Crippen LogP contribution in [0.25, 0.3) is 0 Å². The van der Waals surface area contributed by atoms with Crippen LogP contribution in [-0.4, -0.2) is 43.9 Å². The van der Waals surface area contributed by atoms with Crippen molar-refractivity contribution >= 4 is 17.9 Å². The van der Waals surface area contributed by atoms with E-state index in [9.17, 15) is 14.4 Å². The molecule has 4 N–H and O–H groups in total. The molecule has 0 spiro atoms. The van der Waals surface area contributed by atoms with E-state index in [1.807, 2.05) is 0 Å². The maximum absolute atomic E-state index is 10.3. The zero-order valence-corrected chi connectivity index (χ0v) is 15.4. The minimum atomic E-state index is -2.74. The first-order valence-corrected chi connectivity index (χ1v) is 3.17. The van der Waals surface area contributed by atoms with E-state index in [1.54, 1.807) is 0 Å². The Labute approximate surface area is 169 Å². The number of carboxylic acid groups (broad SMARTS) is 3. The fourth-order valence-electron chi connectivity index (χ4n) is 0.714. The van der Waals surface area contributed by atoms with Crippen molar-refractivity contribution in [2.45, 2.75) is 25.9 Å². The number of hydrogen-bond acceptors (Lipinski definition) is 4. The molecule has 10 heteroatoms. The molecular weight excluding hydrogens is 265 g/mol. The van der Waals surface area contributed by atoms with Gasteiger partial charge >= 0.3 is 107 Å². The smallest absolute Gasteiger partial charge is 1.00 e. The Bertz CT molecular complexity index is 252. The van der Waals surface area contributed by atoms with Gasteiger partial charge in [0.2, 0.25) is 0 Å². The summed E-state index contributed by atoms with van der Waals surface area (Å²) in [5.74, 6) is -5.02. The molecule has 0 aromatic rings. The van der Waals surface area contributed by atoms with Gasteiger partial charge in [0.05, 0.1) is 12.8 Å². The molecule has 0 fully saturated rings. The summed E-state index contributed by atoms with van der Waals surface area (Å²) < 4.78 is 0. The van der Waals surface area contributed by atoms with Crippen molar-refractivity contribution in [2.75, 3.05) is 0 Å². The maximum atomic E-state index is 10.3. The number of rotatable bonds is 5. The van der Waals surface area contributed by atoms with Crippen molar-refractivity contribution in [3.05, 3.63) is 0 Å². The predicted molar refractivity (Wildman–Crippen MR) is 47.2 cm³/mol. The standard InChI is InChI=1S/C6H8O7.CH4.3Na.3H/c7-3(8)1-6(13,5(11)12)2-4(9)10;;;;;;;/h13H,1-2H2,(H,7,8)(H,9,10)(H,11,12);1H4;;;;;;/q;;3*+1;3*-1. The van der Waals surface area contributed by atoms with E-state index in [-0.39, 0.29) is 100 Å². The second-order valence-corrected chi connectivity index (χ2v) is 2.48. The van der Waals surface area contributed by atoms with E-state index in [4.69, 9.17) is 20.4 Å². The summed E-state index contributed by atoms with van der Waals surface area (Å²) in [5, 5.41) is 33.8. The van der Waals surface area contributed by atoms with Crippen molar-refractivity contribution in [3.63, 3.8) is 0 Å². The van der Waals surface area contributed by atoms with Gasteiger partial charge in [0.25, 0.3) is 0 Å². The summed E-state index contributed by atoms with van der Waals surface area (Å²) in [7, 11) is 0. The molecule has 0 unspecified atom stereocenters. The average molecular weight is 280 g/mol. The molecule has 0 radical (unpaired) electrons. The molecule has 0 atom stereocenters. The summed E-state index contributed by atoms with van der Waals surface area (Å²) in [6.07, 6.45) is -2.29. The molecule has 0 aromatic heterocycles. The minimum Gasteiger partial charge on any atom is -1.00 e. The van der Waals surface area contributed by atoms with Crippen LogP contribution in [0, 0.1) is 0 Å². The first kappa shape index (κ1) is 31.0. The number of carbonyl (C=O) groups is 3. The number of aliphatic carboxylic acids is 3. The molecule has 0 rings (SSSR count). The Balaban J connectivity index is -0.0000000343. The van der Waals surface area contributed by atoms with Crippen LogP contribution in [0.2, 0.25) is 0 Å². The van der Waals surface area contributed by atoms with E-state index in [0.717, 1.165) is 0 Å². The molecule has 0 saturated heterocycles. The van der Waals surface area contributed by atoms with E-state index in [1.165, 1.54) is 0 Å². The third-order valence-corrected chi connectivity index (χ3v) is 1.29. The van der Waals surface area contributed by atoms with Gasteiger partial charge in [-0.2, -0.15) is 0 Å². The van der Waals surface area contributed by atoms with Crippen molar-refractivity contribution in [2.24, 2.45) is 0 Å². The number of carboxylic acids is 3. The molecular formula is C7H15Na3O7. The van der Waals surface area contributed by atoms with Gasteiger partial charge in [0, 0.05) is 0 Å². The Kier molecular flexibility index (Phi) is 25.2. The Hall–Kier alpha value is 1.37. The molecule has 0 aliphatic rings. The summed E-state index contributed by atoms with van der Waals surface area (Å²) in [5.41, 5.74) is -2.74. The third-order valence-electron chi connectivity index (χ3n) is 1.29. The van der Waals surface area contributed by atoms with Crippen molar-refractivity contribution < 1.29 is 128 Å². The molecule has 7 nitrogen and oxygen atoms in total. The van der Waals surface area contributed by atoms with Crippen molar-refractivity contribution in [1.29, 1.82) is 0 Å². The molecule has 0 bridgehead atoms. The second-order valence-electron chi connectivity index (χ2n) is 2.48. The molecule has 0 heterocycles. The monoisotopic (exact) mass is 280 g/mol. The van der Waals surface area contributed by atoms with Gasteiger partial charge in [0.15, 0.2) is 5.60 Å². The SMILES string of the molecule is C.O=C(O)CC(O)(CC(=O)O)C(=O)O.[H-].[H-].[H-].[Na+].[Na+].[Na+]. The predicted octanol–water partition coefficient (Wildman–Crippen LogP) is -9.26. The van der Waals surface area contributed by atoms with Gasteiger partial charge in [-0.25, -0.2) is 4.79 Å². The van der Waals surface area contributed by atoms with Crippen LogP contribution < -0.4 is 88.7 Å². The molecule has 0 aliphatic carbocycles. The van der Waals surface area contributed by atoms with Crippen LogP contribution in [-0.2, 0) is 14.4 Å². The number of hydrogen-bond donors (Lipinski definition) is 4. The van der Waals surface area contributed by atoms with Gasteiger partial charge in [0.1, 0.15) is 0 Å². The summed E-state index contributed by atoms with van der Waals surface area (Å²) in [6, 6.07) is 0. The van der Waals surface area contributed by atoms with Gasteiger partial charge < -0.3 is 24.7 Å². The summed E-state index contributed by atoms with van der Waals surface area (Å²) in [6.45, 7) is 0. The second kappa shape index (κ2) is 13.8. The van der Waals surface area contributed by atoms with Crippen LogP contribution in [0.4, 0.5) is 0 Å². The molecule has 88 valence electrons. The normalized spacial score (nSPS) is 8.29. The largest absolute Gasteiger partial charge is 1.00 e. The Morgan fingerprint density at radius 2 is 1.12 bits per heavy atom. The molecule has 0 aliphatic heterocycles. The van der Waals surface area contributed by atoms with Gasteiger partial charge in [-0.1, -0.05) is 7.43 Å². The number of aliphatic hydroxyl groups is 1. The van der Waals surface area contributed by atoms with Crippen LogP contribution in [0.5, 0.6) is 0 Å². The Morgan fingerprint density at radius 3 is 1.24 bits per heavy atom. The minimum absolute atomic E-state index is 0. The maximum Gasteiger partial charge on any atom is 1.00 e. The summed E-state index contributed by atoms with van der Waals surface area (Å²) in [4.78, 5) is 30.5. The molecule has 0 aromatic carbocycles. The fourth-order valence-corrected chi connectivity index (χ4v) is 0.714. The zero-order chi connectivity index (χ0) is 10.6. The van der Waals surface area contributed by atoms with Crippen LogP contribution in [0.3, 0.4) is 0 Å². The Morgan fingerprint density at radius 1 is 0.882 bits per heavy atom. The van der Waals surface area contributed by atoms with E-state index >= 15 is 0 Å². The van der Waals surface area contributed by atoms with Crippen LogP contribution in [0.1, 0.15) is 24.5 Å². The molecule has 17 heavy (non-hydrogen) atoms. The third kappa shape index (κ3) is 13.6. The van der Waals surface area contributed by atoms with E-state index < -0.39 is 36.4 Å². The van der Waals surface area contributed by atoms with Gasteiger partial charge in [-0.15, -0.1) is 0 Å². The van der Waals surface area contributed by atoms with Gasteiger partial charge in [-0.05, 0) is 0 Å². The molecule has 0 amide bonds. The van der Waals surface area contributed by atoms with Crippen molar-refractivity contribution in [3.8, 4) is 0 Å². The summed E-state index contributed by atoms with van der Waals surface area (Å²) >= 11 is 0. The van der Waals surface area contributed by atoms with Crippen molar-refractivity contribution in [1.82, 2.24) is 0 Å². The van der Waals surface area contributed by atoms with Crippen LogP contribution in [0.15, 0.2) is 0 Å². The first-order chi connectivity index (χ1) is 5.78. The molecule has 0 saturated carbocycles. The van der Waals surface area contributed by atoms with Crippen LogP contribution >= 0.6 is 0 Å². The van der Waals surface area contributed by atoms with Gasteiger partial charge in [-0.3, -0.25) is 9.59 Å². The van der Waals surface area contributed by atoms with E-state index in [2.05, 4.69) is 0 Å². The zero-order valence-electron chi connectivity index (χ0n) is 12.4. The first-order valence-electron chi connectivity index (χ1n) is 3.17. The quantitative estimate of drug-likeness (QED) is 0.368. The fraction of sp³-hybridized carbons (Fsp3) is 0.571. The average Bonchev–Trinajstić information content (AvgIpc) is 1.82.